The maximum Gasteiger partial charge on any atom is 0.293 e. The van der Waals surface area contributed by atoms with Gasteiger partial charge in [0.15, 0.2) is 9.84 Å². The topological polar surface area (TPSA) is 110 Å². The molecule has 1 aromatic rings. The average molecular weight is 314 g/mol. The molecule has 0 bridgehead atoms. The zero-order valence-electron chi connectivity index (χ0n) is 11.7. The molecule has 7 nitrogen and oxygen atoms in total. The molecule has 0 spiro atoms. The number of anilines is 1. The van der Waals surface area contributed by atoms with Crippen LogP contribution in [-0.2, 0) is 9.84 Å². The van der Waals surface area contributed by atoms with Gasteiger partial charge in [-0.3, -0.25) is 10.1 Å². The van der Waals surface area contributed by atoms with Gasteiger partial charge in [-0.25, -0.2) is 8.42 Å². The molecule has 0 amide bonds. The lowest BCUT2D eigenvalue weighted by molar-refractivity contribution is -0.384. The molecular weight excluding hydrogens is 296 g/mol. The third-order valence-corrected chi connectivity index (χ3v) is 4.76. The number of nitro benzene ring substituents is 1. The second-order valence-corrected chi connectivity index (χ2v) is 7.37. The summed E-state index contributed by atoms with van der Waals surface area (Å²) in [6, 6.07) is 3.92. The number of nitro groups is 1. The zero-order valence-corrected chi connectivity index (χ0v) is 12.5. The first-order chi connectivity index (χ1) is 9.77. The smallest absolute Gasteiger partial charge is 0.293 e. The van der Waals surface area contributed by atoms with Crippen LogP contribution in [0.15, 0.2) is 23.1 Å². The number of aliphatic hydroxyl groups is 1. The standard InChI is InChI=1S/C13H18N2O5S/c1-21(19,20)11-6-7-12(13(8-11)15(17)18)14-9-2-4-10(16)5-3-9/h6-10,14,16H,2-5H2,1H3. The minimum atomic E-state index is -3.48. The van der Waals surface area contributed by atoms with Gasteiger partial charge in [-0.1, -0.05) is 0 Å². The van der Waals surface area contributed by atoms with Gasteiger partial charge in [0, 0.05) is 18.4 Å². The van der Waals surface area contributed by atoms with Crippen molar-refractivity contribution in [2.75, 3.05) is 11.6 Å². The van der Waals surface area contributed by atoms with Gasteiger partial charge in [-0.05, 0) is 37.8 Å². The summed E-state index contributed by atoms with van der Waals surface area (Å²) in [7, 11) is -3.48. The van der Waals surface area contributed by atoms with Crippen LogP contribution in [0.5, 0.6) is 0 Å². The van der Waals surface area contributed by atoms with Gasteiger partial charge in [-0.2, -0.15) is 0 Å². The van der Waals surface area contributed by atoms with E-state index in [9.17, 15) is 23.6 Å². The van der Waals surface area contributed by atoms with Crippen molar-refractivity contribution in [1.29, 1.82) is 0 Å². The highest BCUT2D eigenvalue weighted by Gasteiger charge is 2.23. The van der Waals surface area contributed by atoms with Crippen LogP contribution in [0.1, 0.15) is 25.7 Å². The number of sulfone groups is 1. The highest BCUT2D eigenvalue weighted by molar-refractivity contribution is 7.90. The predicted octanol–water partition coefficient (Wildman–Crippen LogP) is 1.71. The highest BCUT2D eigenvalue weighted by atomic mass is 32.2. The summed E-state index contributed by atoms with van der Waals surface area (Å²) in [5, 5.41) is 23.7. The minimum Gasteiger partial charge on any atom is -0.393 e. The molecule has 1 saturated carbocycles. The second kappa shape index (κ2) is 5.98. The Balaban J connectivity index is 2.25. The SMILES string of the molecule is CS(=O)(=O)c1ccc(NC2CCC(O)CC2)c([N+](=O)[O-])c1. The van der Waals surface area contributed by atoms with Crippen LogP contribution < -0.4 is 5.32 Å². The van der Waals surface area contributed by atoms with Gasteiger partial charge in [0.05, 0.1) is 15.9 Å². The molecule has 2 rings (SSSR count). The van der Waals surface area contributed by atoms with Crippen molar-refractivity contribution in [3.63, 3.8) is 0 Å². The lowest BCUT2D eigenvalue weighted by atomic mass is 9.93. The molecule has 0 radical (unpaired) electrons. The van der Waals surface area contributed by atoms with Gasteiger partial charge >= 0.3 is 0 Å². The number of hydrogen-bond donors (Lipinski definition) is 2. The molecule has 1 fully saturated rings. The van der Waals surface area contributed by atoms with Crippen molar-refractivity contribution in [1.82, 2.24) is 0 Å². The van der Waals surface area contributed by atoms with Crippen LogP contribution in [0.3, 0.4) is 0 Å². The highest BCUT2D eigenvalue weighted by Crippen LogP contribution is 2.30. The van der Waals surface area contributed by atoms with Crippen LogP contribution in [0.4, 0.5) is 11.4 Å². The van der Waals surface area contributed by atoms with Gasteiger partial charge in [0.25, 0.3) is 5.69 Å². The monoisotopic (exact) mass is 314 g/mol. The van der Waals surface area contributed by atoms with Crippen molar-refractivity contribution in [3.05, 3.63) is 28.3 Å². The van der Waals surface area contributed by atoms with Crippen LogP contribution in [-0.4, -0.2) is 36.8 Å². The first-order valence-corrected chi connectivity index (χ1v) is 8.59. The molecule has 116 valence electrons. The van der Waals surface area contributed by atoms with Crippen molar-refractivity contribution >= 4 is 21.2 Å². The lowest BCUT2D eigenvalue weighted by Crippen LogP contribution is -2.28. The van der Waals surface area contributed by atoms with Gasteiger partial charge < -0.3 is 10.4 Å². The predicted molar refractivity (Wildman–Crippen MR) is 78.1 cm³/mol. The fourth-order valence-electron chi connectivity index (χ4n) is 2.46. The summed E-state index contributed by atoms with van der Waals surface area (Å²) in [6.07, 6.45) is 3.49. The Hall–Kier alpha value is -1.67. The summed E-state index contributed by atoms with van der Waals surface area (Å²) in [6.45, 7) is 0. The molecule has 0 aliphatic heterocycles. The van der Waals surface area contributed by atoms with Crippen LogP contribution >= 0.6 is 0 Å². The third kappa shape index (κ3) is 3.92. The molecule has 2 N–H and O–H groups in total. The number of rotatable bonds is 4. The zero-order chi connectivity index (χ0) is 15.6. The molecular formula is C13H18N2O5S. The van der Waals surface area contributed by atoms with E-state index >= 15 is 0 Å². The Morgan fingerprint density at radius 2 is 1.90 bits per heavy atom. The first kappa shape index (κ1) is 15.7. The maximum atomic E-state index is 11.5. The summed E-state index contributed by atoms with van der Waals surface area (Å²) in [5.41, 5.74) is 0.0674. The normalized spacial score (nSPS) is 22.8. The number of hydrogen-bond acceptors (Lipinski definition) is 6. The molecule has 8 heteroatoms. The van der Waals surface area contributed by atoms with E-state index in [1.807, 2.05) is 0 Å². The van der Waals surface area contributed by atoms with Gasteiger partial charge in [0.1, 0.15) is 5.69 Å². The molecule has 0 saturated heterocycles. The largest absolute Gasteiger partial charge is 0.393 e. The molecule has 0 unspecified atom stereocenters. The number of aliphatic hydroxyl groups excluding tert-OH is 1. The fourth-order valence-corrected chi connectivity index (χ4v) is 3.10. The second-order valence-electron chi connectivity index (χ2n) is 5.36. The number of nitrogens with zero attached hydrogens (tertiary/aromatic N) is 1. The summed E-state index contributed by atoms with van der Waals surface area (Å²) in [4.78, 5) is 10.5. The van der Waals surface area contributed by atoms with Crippen molar-refractivity contribution in [2.45, 2.75) is 42.7 Å². The van der Waals surface area contributed by atoms with E-state index in [2.05, 4.69) is 5.32 Å². The first-order valence-electron chi connectivity index (χ1n) is 6.70. The molecule has 0 atom stereocenters. The van der Waals surface area contributed by atoms with Crippen LogP contribution in [0.2, 0.25) is 0 Å². The molecule has 1 aliphatic rings. The van der Waals surface area contributed by atoms with Crippen molar-refractivity contribution in [2.24, 2.45) is 0 Å². The van der Waals surface area contributed by atoms with E-state index in [0.717, 1.165) is 25.2 Å². The number of nitrogens with one attached hydrogen (secondary N) is 1. The van der Waals surface area contributed by atoms with E-state index < -0.39 is 14.8 Å². The molecule has 1 aromatic carbocycles. The minimum absolute atomic E-state index is 0.0520. The Labute approximate surface area is 123 Å². The Morgan fingerprint density at radius 1 is 1.29 bits per heavy atom. The quantitative estimate of drug-likeness (QED) is 0.647. The number of benzene rings is 1. The van der Waals surface area contributed by atoms with Crippen molar-refractivity contribution in [3.8, 4) is 0 Å². The molecule has 21 heavy (non-hydrogen) atoms. The molecule has 0 heterocycles. The Morgan fingerprint density at radius 3 is 2.43 bits per heavy atom. The Kier molecular flexibility index (Phi) is 4.48. The Bertz CT molecular complexity index is 636. The van der Waals surface area contributed by atoms with Crippen LogP contribution in [0, 0.1) is 10.1 Å². The van der Waals surface area contributed by atoms with E-state index in [4.69, 9.17) is 0 Å². The van der Waals surface area contributed by atoms with Gasteiger partial charge in [0.2, 0.25) is 0 Å². The molecule has 1 aliphatic carbocycles. The van der Waals surface area contributed by atoms with E-state index in [1.165, 1.54) is 12.1 Å². The third-order valence-electron chi connectivity index (χ3n) is 3.65. The van der Waals surface area contributed by atoms with Crippen LogP contribution in [0.25, 0.3) is 0 Å². The molecule has 0 aromatic heterocycles. The average Bonchev–Trinajstić information content (AvgIpc) is 2.40. The maximum absolute atomic E-state index is 11.5. The lowest BCUT2D eigenvalue weighted by Gasteiger charge is -2.26. The summed E-state index contributed by atoms with van der Waals surface area (Å²) < 4.78 is 22.9. The van der Waals surface area contributed by atoms with Crippen molar-refractivity contribution < 1.29 is 18.4 Å². The van der Waals surface area contributed by atoms with E-state index in [1.54, 1.807) is 0 Å². The van der Waals surface area contributed by atoms with Gasteiger partial charge in [-0.15, -0.1) is 0 Å². The fraction of sp³-hybridized carbons (Fsp3) is 0.538. The van der Waals surface area contributed by atoms with E-state index in [0.29, 0.717) is 18.5 Å². The summed E-state index contributed by atoms with van der Waals surface area (Å²) in [5.74, 6) is 0. The van der Waals surface area contributed by atoms with E-state index in [-0.39, 0.29) is 22.7 Å². The summed E-state index contributed by atoms with van der Waals surface area (Å²) >= 11 is 0.